The van der Waals surface area contributed by atoms with E-state index in [-0.39, 0.29) is 5.56 Å². The zero-order valence-electron chi connectivity index (χ0n) is 8.59. The maximum absolute atomic E-state index is 13.0. The number of anilines is 2. The van der Waals surface area contributed by atoms with E-state index in [0.717, 1.165) is 0 Å². The van der Waals surface area contributed by atoms with E-state index in [1.807, 2.05) is 0 Å². The Bertz CT molecular complexity index is 555. The predicted octanol–water partition coefficient (Wildman–Crippen LogP) is 2.02. The van der Waals surface area contributed by atoms with Gasteiger partial charge in [0.15, 0.2) is 11.6 Å². The Morgan fingerprint density at radius 1 is 1.53 bits per heavy atom. The molecule has 1 heterocycles. The van der Waals surface area contributed by atoms with Crippen LogP contribution in [0, 0.1) is 5.82 Å². The quantitative estimate of drug-likeness (QED) is 0.576. The molecule has 0 saturated carbocycles. The summed E-state index contributed by atoms with van der Waals surface area (Å²) >= 11 is 1.29. The Hall–Kier alpha value is -2.15. The van der Waals surface area contributed by atoms with Crippen LogP contribution in [0.3, 0.4) is 0 Å². The highest BCUT2D eigenvalue weighted by molar-refractivity contribution is 7.14. The van der Waals surface area contributed by atoms with E-state index in [0.29, 0.717) is 10.9 Å². The molecule has 17 heavy (non-hydrogen) atoms. The highest BCUT2D eigenvalue weighted by Gasteiger charge is 2.03. The third-order valence-corrected chi connectivity index (χ3v) is 2.67. The lowest BCUT2D eigenvalue weighted by Crippen LogP contribution is -1.92. The Morgan fingerprint density at radius 3 is 3.06 bits per heavy atom. The SMILES string of the molecule is Nc1csc(NN=Cc2cccc(F)c2O)n1. The minimum atomic E-state index is -0.688. The van der Waals surface area contributed by atoms with E-state index in [4.69, 9.17) is 5.73 Å². The monoisotopic (exact) mass is 252 g/mol. The molecule has 88 valence electrons. The summed E-state index contributed by atoms with van der Waals surface area (Å²) in [7, 11) is 0. The molecule has 0 radical (unpaired) electrons. The standard InChI is InChI=1S/C10H9FN4OS/c11-7-3-1-2-6(9(7)16)4-13-15-10-14-8(12)5-17-10/h1-5,16H,12H2,(H,14,15). The summed E-state index contributed by atoms with van der Waals surface area (Å²) in [5.74, 6) is -0.717. The minimum absolute atomic E-state index is 0.280. The van der Waals surface area contributed by atoms with Crippen LogP contribution in [0.1, 0.15) is 5.56 Å². The van der Waals surface area contributed by atoms with Gasteiger partial charge in [0.25, 0.3) is 0 Å². The Balaban J connectivity index is 2.08. The molecule has 0 atom stereocenters. The Labute approximate surface area is 100 Å². The smallest absolute Gasteiger partial charge is 0.205 e. The summed E-state index contributed by atoms with van der Waals surface area (Å²) in [4.78, 5) is 3.92. The second-order valence-electron chi connectivity index (χ2n) is 3.13. The molecule has 0 aliphatic rings. The van der Waals surface area contributed by atoms with Crippen LogP contribution in [0.15, 0.2) is 28.7 Å². The fourth-order valence-corrected chi connectivity index (χ4v) is 1.68. The molecule has 2 rings (SSSR count). The predicted molar refractivity (Wildman–Crippen MR) is 65.8 cm³/mol. The molecule has 0 fully saturated rings. The van der Waals surface area contributed by atoms with Crippen molar-refractivity contribution >= 4 is 28.5 Å². The van der Waals surface area contributed by atoms with Crippen molar-refractivity contribution in [1.29, 1.82) is 0 Å². The number of phenols is 1. The van der Waals surface area contributed by atoms with Gasteiger partial charge in [-0.3, -0.25) is 5.43 Å². The van der Waals surface area contributed by atoms with Gasteiger partial charge in [-0.05, 0) is 12.1 Å². The van der Waals surface area contributed by atoms with Gasteiger partial charge in [-0.25, -0.2) is 9.37 Å². The summed E-state index contributed by atoms with van der Waals surface area (Å²) in [5.41, 5.74) is 8.33. The van der Waals surface area contributed by atoms with Gasteiger partial charge in [0.1, 0.15) is 5.82 Å². The lowest BCUT2D eigenvalue weighted by Gasteiger charge is -1.99. The fourth-order valence-electron chi connectivity index (χ4n) is 1.13. The van der Waals surface area contributed by atoms with Crippen LogP contribution < -0.4 is 11.2 Å². The van der Waals surface area contributed by atoms with Gasteiger partial charge in [-0.15, -0.1) is 11.3 Å². The number of thiazole rings is 1. The van der Waals surface area contributed by atoms with Gasteiger partial charge in [0.05, 0.1) is 6.21 Å². The number of nitrogen functional groups attached to an aromatic ring is 1. The van der Waals surface area contributed by atoms with Crippen LogP contribution in [-0.4, -0.2) is 16.3 Å². The van der Waals surface area contributed by atoms with Gasteiger partial charge in [-0.2, -0.15) is 5.10 Å². The molecular formula is C10H9FN4OS. The molecule has 0 amide bonds. The molecule has 0 aliphatic heterocycles. The third kappa shape index (κ3) is 2.70. The average Bonchev–Trinajstić information content (AvgIpc) is 2.70. The first kappa shape index (κ1) is 11.3. The summed E-state index contributed by atoms with van der Waals surface area (Å²) in [5, 5.41) is 15.4. The molecule has 0 bridgehead atoms. The molecule has 5 nitrogen and oxygen atoms in total. The van der Waals surface area contributed by atoms with Gasteiger partial charge >= 0.3 is 0 Å². The van der Waals surface area contributed by atoms with E-state index in [9.17, 15) is 9.50 Å². The number of rotatable bonds is 3. The molecule has 0 aliphatic carbocycles. The number of para-hydroxylation sites is 1. The number of halogens is 1. The van der Waals surface area contributed by atoms with Crippen molar-refractivity contribution in [1.82, 2.24) is 4.98 Å². The van der Waals surface area contributed by atoms with Crippen LogP contribution in [0.4, 0.5) is 15.3 Å². The van der Waals surface area contributed by atoms with Crippen LogP contribution >= 0.6 is 11.3 Å². The number of nitrogens with two attached hydrogens (primary N) is 1. The minimum Gasteiger partial charge on any atom is -0.504 e. The van der Waals surface area contributed by atoms with E-state index >= 15 is 0 Å². The maximum atomic E-state index is 13.0. The summed E-state index contributed by atoms with van der Waals surface area (Å²) in [6, 6.07) is 4.19. The van der Waals surface area contributed by atoms with Crippen molar-refractivity contribution in [2.45, 2.75) is 0 Å². The number of nitrogens with zero attached hydrogens (tertiary/aromatic N) is 2. The lowest BCUT2D eigenvalue weighted by atomic mass is 10.2. The molecule has 1 aromatic carbocycles. The highest BCUT2D eigenvalue weighted by atomic mass is 32.1. The van der Waals surface area contributed by atoms with Crippen LogP contribution in [-0.2, 0) is 0 Å². The molecule has 7 heteroatoms. The number of nitrogens with one attached hydrogen (secondary N) is 1. The molecule has 2 aromatic rings. The highest BCUT2D eigenvalue weighted by Crippen LogP contribution is 2.19. The first-order chi connectivity index (χ1) is 8.16. The van der Waals surface area contributed by atoms with Crippen LogP contribution in [0.2, 0.25) is 0 Å². The van der Waals surface area contributed by atoms with Crippen molar-refractivity contribution in [3.8, 4) is 5.75 Å². The Kier molecular flexibility index (Phi) is 3.20. The zero-order chi connectivity index (χ0) is 12.3. The van der Waals surface area contributed by atoms with Crippen molar-refractivity contribution in [3.05, 3.63) is 35.0 Å². The fraction of sp³-hybridized carbons (Fsp3) is 0. The average molecular weight is 252 g/mol. The Morgan fingerprint density at radius 2 is 2.35 bits per heavy atom. The number of hydrogen-bond donors (Lipinski definition) is 3. The number of benzene rings is 1. The number of aromatic hydroxyl groups is 1. The summed E-state index contributed by atoms with van der Waals surface area (Å²) in [6.07, 6.45) is 1.30. The second-order valence-corrected chi connectivity index (χ2v) is 3.98. The van der Waals surface area contributed by atoms with Crippen molar-refractivity contribution in [3.63, 3.8) is 0 Å². The number of phenolic OH excluding ortho intramolecular Hbond substituents is 1. The molecular weight excluding hydrogens is 243 g/mol. The first-order valence-electron chi connectivity index (χ1n) is 4.64. The van der Waals surface area contributed by atoms with Crippen LogP contribution in [0.25, 0.3) is 0 Å². The number of aromatic nitrogens is 1. The molecule has 0 saturated heterocycles. The molecule has 4 N–H and O–H groups in total. The third-order valence-electron chi connectivity index (χ3n) is 1.90. The topological polar surface area (TPSA) is 83.5 Å². The first-order valence-corrected chi connectivity index (χ1v) is 5.52. The van der Waals surface area contributed by atoms with E-state index < -0.39 is 11.6 Å². The largest absolute Gasteiger partial charge is 0.504 e. The normalized spacial score (nSPS) is 10.9. The zero-order valence-corrected chi connectivity index (χ0v) is 9.41. The van der Waals surface area contributed by atoms with Gasteiger partial charge in [-0.1, -0.05) is 6.07 Å². The summed E-state index contributed by atoms with van der Waals surface area (Å²) < 4.78 is 13.0. The van der Waals surface area contributed by atoms with Gasteiger partial charge < -0.3 is 10.8 Å². The van der Waals surface area contributed by atoms with Crippen LogP contribution in [0.5, 0.6) is 5.75 Å². The number of hydrogen-bond acceptors (Lipinski definition) is 6. The van der Waals surface area contributed by atoms with E-state index in [2.05, 4.69) is 15.5 Å². The molecule has 0 spiro atoms. The maximum Gasteiger partial charge on any atom is 0.205 e. The van der Waals surface area contributed by atoms with E-state index in [1.54, 1.807) is 11.4 Å². The molecule has 0 unspecified atom stereocenters. The van der Waals surface area contributed by atoms with Crippen molar-refractivity contribution in [2.24, 2.45) is 5.10 Å². The van der Waals surface area contributed by atoms with Crippen molar-refractivity contribution < 1.29 is 9.50 Å². The van der Waals surface area contributed by atoms with E-state index in [1.165, 1.54) is 29.7 Å². The van der Waals surface area contributed by atoms with Crippen molar-refractivity contribution in [2.75, 3.05) is 11.2 Å². The summed E-state index contributed by atoms with van der Waals surface area (Å²) in [6.45, 7) is 0. The second kappa shape index (κ2) is 4.79. The van der Waals surface area contributed by atoms with Gasteiger partial charge in [0.2, 0.25) is 5.13 Å². The molecule has 1 aromatic heterocycles. The lowest BCUT2D eigenvalue weighted by molar-refractivity contribution is 0.431. The number of hydrazone groups is 1. The van der Waals surface area contributed by atoms with Gasteiger partial charge in [0, 0.05) is 10.9 Å².